The molecule has 0 fully saturated rings. The molecule has 0 aliphatic rings. The smallest absolute Gasteiger partial charge is 0.257 e. The minimum Gasteiger partial charge on any atom is -0.383 e. The number of carbonyl (C=O) groups is 1. The zero-order valence-electron chi connectivity index (χ0n) is 11.6. The number of fused-ring (bicyclic) bond motifs is 1. The fourth-order valence-corrected chi connectivity index (χ4v) is 2.30. The molecule has 4 heteroatoms. The van der Waals surface area contributed by atoms with Gasteiger partial charge < -0.3 is 11.1 Å². The highest BCUT2D eigenvalue weighted by atomic mass is 16.1. The number of aromatic nitrogens is 1. The predicted molar refractivity (Wildman–Crippen MR) is 85.3 cm³/mol. The molecule has 0 aliphatic heterocycles. The molecule has 2 aromatic carbocycles. The lowest BCUT2D eigenvalue weighted by molar-refractivity contribution is 0.102. The summed E-state index contributed by atoms with van der Waals surface area (Å²) < 4.78 is 0. The average Bonchev–Trinajstić information content (AvgIpc) is 2.50. The highest BCUT2D eigenvalue weighted by Crippen LogP contribution is 2.23. The molecule has 21 heavy (non-hydrogen) atoms. The highest BCUT2D eigenvalue weighted by molar-refractivity contribution is 6.14. The first-order valence-electron chi connectivity index (χ1n) is 6.67. The van der Waals surface area contributed by atoms with Gasteiger partial charge >= 0.3 is 0 Å². The molecule has 0 bridgehead atoms. The molecule has 3 N–H and O–H groups in total. The SMILES string of the molecule is Cc1ccccc1NC(=O)c1cnc(N)c2ccccc12. The van der Waals surface area contributed by atoms with Crippen LogP contribution in [0.4, 0.5) is 11.5 Å². The summed E-state index contributed by atoms with van der Waals surface area (Å²) >= 11 is 0. The van der Waals surface area contributed by atoms with Crippen molar-refractivity contribution in [2.75, 3.05) is 11.1 Å². The molecule has 0 unspecified atom stereocenters. The van der Waals surface area contributed by atoms with Crippen molar-refractivity contribution in [3.8, 4) is 0 Å². The highest BCUT2D eigenvalue weighted by Gasteiger charge is 2.13. The van der Waals surface area contributed by atoms with Crippen LogP contribution >= 0.6 is 0 Å². The third kappa shape index (κ3) is 2.43. The Bertz CT molecular complexity index is 827. The van der Waals surface area contributed by atoms with Crippen LogP contribution in [0.2, 0.25) is 0 Å². The van der Waals surface area contributed by atoms with Crippen molar-refractivity contribution in [2.45, 2.75) is 6.92 Å². The normalized spacial score (nSPS) is 10.5. The molecular formula is C17H15N3O. The van der Waals surface area contributed by atoms with E-state index in [0.717, 1.165) is 22.0 Å². The van der Waals surface area contributed by atoms with Crippen LogP contribution in [0.15, 0.2) is 54.7 Å². The van der Waals surface area contributed by atoms with Gasteiger partial charge in [0.15, 0.2) is 0 Å². The van der Waals surface area contributed by atoms with Gasteiger partial charge in [0, 0.05) is 17.3 Å². The molecule has 104 valence electrons. The Morgan fingerprint density at radius 1 is 1.05 bits per heavy atom. The lowest BCUT2D eigenvalue weighted by Crippen LogP contribution is -2.14. The van der Waals surface area contributed by atoms with E-state index in [1.54, 1.807) is 0 Å². The van der Waals surface area contributed by atoms with E-state index < -0.39 is 0 Å². The second-order valence-electron chi connectivity index (χ2n) is 4.87. The summed E-state index contributed by atoms with van der Waals surface area (Å²) in [6.07, 6.45) is 1.52. The molecule has 1 heterocycles. The van der Waals surface area contributed by atoms with Gasteiger partial charge in [-0.25, -0.2) is 4.98 Å². The quantitative estimate of drug-likeness (QED) is 0.754. The molecule has 0 radical (unpaired) electrons. The molecule has 0 aliphatic carbocycles. The monoisotopic (exact) mass is 277 g/mol. The Hall–Kier alpha value is -2.88. The number of carbonyl (C=O) groups excluding carboxylic acids is 1. The topological polar surface area (TPSA) is 68.0 Å². The fourth-order valence-electron chi connectivity index (χ4n) is 2.30. The van der Waals surface area contributed by atoms with E-state index in [0.29, 0.717) is 11.4 Å². The summed E-state index contributed by atoms with van der Waals surface area (Å²) in [5.74, 6) is 0.242. The zero-order valence-corrected chi connectivity index (χ0v) is 11.6. The van der Waals surface area contributed by atoms with Crippen LogP contribution in [0.25, 0.3) is 10.8 Å². The second-order valence-corrected chi connectivity index (χ2v) is 4.87. The first-order valence-corrected chi connectivity index (χ1v) is 6.67. The summed E-state index contributed by atoms with van der Waals surface area (Å²) in [7, 11) is 0. The number of nitrogens with two attached hydrogens (primary N) is 1. The molecule has 0 atom stereocenters. The van der Waals surface area contributed by atoms with Crippen molar-refractivity contribution in [2.24, 2.45) is 0 Å². The van der Waals surface area contributed by atoms with E-state index in [1.807, 2.05) is 55.5 Å². The molecular weight excluding hydrogens is 262 g/mol. The van der Waals surface area contributed by atoms with Crippen LogP contribution in [-0.2, 0) is 0 Å². The number of nitrogens with zero attached hydrogens (tertiary/aromatic N) is 1. The summed E-state index contributed by atoms with van der Waals surface area (Å²) in [6.45, 7) is 1.95. The number of hydrogen-bond acceptors (Lipinski definition) is 3. The minimum atomic E-state index is -0.187. The van der Waals surface area contributed by atoms with Crippen LogP contribution in [0, 0.1) is 6.92 Å². The Balaban J connectivity index is 2.03. The number of nitrogens with one attached hydrogen (secondary N) is 1. The summed E-state index contributed by atoms with van der Waals surface area (Å²) in [4.78, 5) is 16.6. The van der Waals surface area contributed by atoms with Gasteiger partial charge in [-0.3, -0.25) is 4.79 Å². The van der Waals surface area contributed by atoms with Crippen molar-refractivity contribution in [1.82, 2.24) is 4.98 Å². The third-order valence-electron chi connectivity index (χ3n) is 3.46. The van der Waals surface area contributed by atoms with Gasteiger partial charge in [-0.2, -0.15) is 0 Å². The number of anilines is 2. The van der Waals surface area contributed by atoms with Crippen LogP contribution < -0.4 is 11.1 Å². The number of para-hydroxylation sites is 1. The molecule has 1 aromatic heterocycles. The largest absolute Gasteiger partial charge is 0.383 e. The van der Waals surface area contributed by atoms with Crippen LogP contribution in [0.1, 0.15) is 15.9 Å². The number of amides is 1. The average molecular weight is 277 g/mol. The summed E-state index contributed by atoms with van der Waals surface area (Å²) in [5, 5.41) is 4.51. The number of nitrogen functional groups attached to an aromatic ring is 1. The number of pyridine rings is 1. The van der Waals surface area contributed by atoms with Gasteiger partial charge in [0.1, 0.15) is 5.82 Å². The van der Waals surface area contributed by atoms with E-state index in [9.17, 15) is 4.79 Å². The van der Waals surface area contributed by atoms with Crippen LogP contribution in [-0.4, -0.2) is 10.9 Å². The maximum atomic E-state index is 12.5. The Labute approximate surface area is 122 Å². The van der Waals surface area contributed by atoms with E-state index in [-0.39, 0.29) is 5.91 Å². The zero-order chi connectivity index (χ0) is 14.8. The first kappa shape index (κ1) is 13.1. The maximum Gasteiger partial charge on any atom is 0.257 e. The minimum absolute atomic E-state index is 0.187. The molecule has 4 nitrogen and oxygen atoms in total. The lowest BCUT2D eigenvalue weighted by Gasteiger charge is -2.10. The molecule has 0 saturated heterocycles. The molecule has 1 amide bonds. The van der Waals surface area contributed by atoms with E-state index in [2.05, 4.69) is 10.3 Å². The van der Waals surface area contributed by atoms with Gasteiger partial charge in [-0.15, -0.1) is 0 Å². The van der Waals surface area contributed by atoms with Crippen molar-refractivity contribution in [3.63, 3.8) is 0 Å². The number of rotatable bonds is 2. The Morgan fingerprint density at radius 2 is 1.71 bits per heavy atom. The summed E-state index contributed by atoms with van der Waals surface area (Å²) in [5.41, 5.74) is 8.18. The lowest BCUT2D eigenvalue weighted by atomic mass is 10.1. The predicted octanol–water partition coefficient (Wildman–Crippen LogP) is 3.38. The van der Waals surface area contributed by atoms with Crippen molar-refractivity contribution >= 4 is 28.2 Å². The fraction of sp³-hybridized carbons (Fsp3) is 0.0588. The van der Waals surface area contributed by atoms with Gasteiger partial charge in [0.25, 0.3) is 5.91 Å². The maximum absolute atomic E-state index is 12.5. The van der Waals surface area contributed by atoms with E-state index >= 15 is 0 Å². The standard InChI is InChI=1S/C17H15N3O/c1-11-6-2-5-9-15(11)20-17(21)14-10-19-16(18)13-8-4-3-7-12(13)14/h2-10H,1H3,(H2,18,19)(H,20,21). The molecule has 0 saturated carbocycles. The number of aryl methyl sites for hydroxylation is 1. The third-order valence-corrected chi connectivity index (χ3v) is 3.46. The number of hydrogen-bond donors (Lipinski definition) is 2. The first-order chi connectivity index (χ1) is 10.2. The molecule has 0 spiro atoms. The van der Waals surface area contributed by atoms with Gasteiger partial charge in [0.05, 0.1) is 5.56 Å². The Kier molecular flexibility index (Phi) is 3.28. The van der Waals surface area contributed by atoms with Gasteiger partial charge in [-0.05, 0) is 23.9 Å². The second kappa shape index (κ2) is 5.25. The molecule has 3 rings (SSSR count). The van der Waals surface area contributed by atoms with Crippen LogP contribution in [0.3, 0.4) is 0 Å². The van der Waals surface area contributed by atoms with Crippen molar-refractivity contribution in [1.29, 1.82) is 0 Å². The van der Waals surface area contributed by atoms with Crippen molar-refractivity contribution < 1.29 is 4.79 Å². The molecule has 3 aromatic rings. The van der Waals surface area contributed by atoms with Gasteiger partial charge in [0.2, 0.25) is 0 Å². The van der Waals surface area contributed by atoms with Crippen LogP contribution in [0.5, 0.6) is 0 Å². The summed E-state index contributed by atoms with van der Waals surface area (Å²) in [6, 6.07) is 15.2. The number of benzene rings is 2. The van der Waals surface area contributed by atoms with E-state index in [4.69, 9.17) is 5.73 Å². The van der Waals surface area contributed by atoms with Gasteiger partial charge in [-0.1, -0.05) is 42.5 Å². The van der Waals surface area contributed by atoms with Crippen molar-refractivity contribution in [3.05, 3.63) is 65.9 Å². The Morgan fingerprint density at radius 3 is 2.48 bits per heavy atom. The van der Waals surface area contributed by atoms with E-state index in [1.165, 1.54) is 6.20 Å².